The van der Waals surface area contributed by atoms with Crippen molar-refractivity contribution in [2.24, 2.45) is 10.8 Å². The van der Waals surface area contributed by atoms with Gasteiger partial charge in [0.2, 0.25) is 0 Å². The molecule has 2 aliphatic heterocycles. The normalized spacial score (nSPS) is 16.2. The number of carbonyl (C=O) groups is 2. The minimum absolute atomic E-state index is 0.0721. The fourth-order valence-corrected chi connectivity index (χ4v) is 5.53. The van der Waals surface area contributed by atoms with Crippen molar-refractivity contribution in [3.63, 3.8) is 0 Å². The molecule has 2 fully saturated rings. The summed E-state index contributed by atoms with van der Waals surface area (Å²) in [6, 6.07) is 18.9. The molecule has 3 aromatic rings. The molecular formula is C40H50O9. The Hall–Kier alpha value is -3.92. The molecule has 2 saturated heterocycles. The summed E-state index contributed by atoms with van der Waals surface area (Å²) in [6.07, 6.45) is 3.85. The highest BCUT2D eigenvalue weighted by atomic mass is 16.5. The van der Waals surface area contributed by atoms with Crippen LogP contribution in [0.15, 0.2) is 66.7 Å². The average molecular weight is 675 g/mol. The Morgan fingerprint density at radius 3 is 1.69 bits per heavy atom. The molecule has 0 atom stereocenters. The molecule has 9 nitrogen and oxygen atoms in total. The van der Waals surface area contributed by atoms with Crippen LogP contribution in [-0.2, 0) is 19.6 Å². The van der Waals surface area contributed by atoms with Gasteiger partial charge in [-0.3, -0.25) is 0 Å². The maximum Gasteiger partial charge on any atom is 0.343 e. The first-order valence-electron chi connectivity index (χ1n) is 17.3. The molecule has 3 aromatic carbocycles. The molecule has 9 heteroatoms. The quantitative estimate of drug-likeness (QED) is 0.0806. The lowest BCUT2D eigenvalue weighted by Gasteiger charge is -2.40. The number of rotatable bonds is 17. The number of esters is 2. The molecule has 0 N–H and O–H groups in total. The van der Waals surface area contributed by atoms with Crippen molar-refractivity contribution < 1.29 is 42.7 Å². The molecule has 0 saturated carbocycles. The summed E-state index contributed by atoms with van der Waals surface area (Å²) in [7, 11) is 0. The molecule has 264 valence electrons. The summed E-state index contributed by atoms with van der Waals surface area (Å²) in [5, 5.41) is 0. The zero-order valence-electron chi connectivity index (χ0n) is 29.5. The van der Waals surface area contributed by atoms with E-state index in [1.54, 1.807) is 66.7 Å². The van der Waals surface area contributed by atoms with Crippen molar-refractivity contribution in [3.05, 3.63) is 83.4 Å². The Bertz CT molecular complexity index is 1520. The van der Waals surface area contributed by atoms with Crippen LogP contribution in [-0.4, -0.2) is 64.8 Å². The molecule has 0 aromatic heterocycles. The van der Waals surface area contributed by atoms with Crippen LogP contribution < -0.4 is 18.9 Å². The van der Waals surface area contributed by atoms with E-state index in [1.807, 2.05) is 20.8 Å². The molecule has 5 rings (SSSR count). The summed E-state index contributed by atoms with van der Waals surface area (Å²) >= 11 is 0. The highest BCUT2D eigenvalue weighted by Crippen LogP contribution is 2.36. The van der Waals surface area contributed by atoms with E-state index in [-0.39, 0.29) is 10.8 Å². The van der Waals surface area contributed by atoms with Crippen molar-refractivity contribution in [3.8, 4) is 23.0 Å². The van der Waals surface area contributed by atoms with Gasteiger partial charge in [0, 0.05) is 17.6 Å². The molecule has 0 bridgehead atoms. The van der Waals surface area contributed by atoms with E-state index in [0.29, 0.717) is 67.2 Å². The number of carbonyl (C=O) groups excluding carboxylic acids is 2. The van der Waals surface area contributed by atoms with Gasteiger partial charge in [-0.05, 0) is 97.8 Å². The van der Waals surface area contributed by atoms with Crippen LogP contribution >= 0.6 is 0 Å². The van der Waals surface area contributed by atoms with Gasteiger partial charge in [-0.25, -0.2) is 9.59 Å². The maximum absolute atomic E-state index is 13.1. The van der Waals surface area contributed by atoms with Gasteiger partial charge in [0.25, 0.3) is 0 Å². The van der Waals surface area contributed by atoms with Crippen molar-refractivity contribution in [2.45, 2.75) is 65.7 Å². The van der Waals surface area contributed by atoms with Crippen LogP contribution in [0.25, 0.3) is 0 Å². The summed E-state index contributed by atoms with van der Waals surface area (Å²) in [5.74, 6) is 1.16. The number of ether oxygens (including phenoxy) is 7. The Kier molecular flexibility index (Phi) is 12.0. The summed E-state index contributed by atoms with van der Waals surface area (Å²) in [5.41, 5.74) is 1.42. The zero-order chi connectivity index (χ0) is 34.9. The molecule has 2 aliphatic rings. The largest absolute Gasteiger partial charge is 0.494 e. The SMILES string of the molecule is CCC1(COCCCCOc2ccc(C(=O)Oc3ccc(OC(=O)c4ccc(OCC5(CC)COC5)cc4)cc3C(C)(C)C)cc2)COC1. The topological polar surface area (TPSA) is 98.8 Å². The number of hydrogen-bond acceptors (Lipinski definition) is 9. The molecule has 0 spiro atoms. The lowest BCUT2D eigenvalue weighted by molar-refractivity contribution is -0.150. The number of benzene rings is 3. The van der Waals surface area contributed by atoms with Gasteiger partial charge in [-0.1, -0.05) is 34.6 Å². The zero-order valence-corrected chi connectivity index (χ0v) is 29.5. The molecule has 0 aliphatic carbocycles. The van der Waals surface area contributed by atoms with E-state index in [4.69, 9.17) is 33.2 Å². The van der Waals surface area contributed by atoms with Crippen LogP contribution in [0.5, 0.6) is 23.0 Å². The van der Waals surface area contributed by atoms with Crippen molar-refractivity contribution in [1.82, 2.24) is 0 Å². The van der Waals surface area contributed by atoms with Crippen molar-refractivity contribution in [2.75, 3.05) is 52.9 Å². The molecule has 0 unspecified atom stereocenters. The van der Waals surface area contributed by atoms with Crippen LogP contribution in [0.4, 0.5) is 0 Å². The third-order valence-electron chi connectivity index (χ3n) is 9.39. The van der Waals surface area contributed by atoms with Crippen molar-refractivity contribution in [1.29, 1.82) is 0 Å². The maximum atomic E-state index is 13.1. The second kappa shape index (κ2) is 16.2. The van der Waals surface area contributed by atoms with Gasteiger partial charge in [-0.15, -0.1) is 0 Å². The fraction of sp³-hybridized carbons (Fsp3) is 0.500. The van der Waals surface area contributed by atoms with E-state index >= 15 is 0 Å². The van der Waals surface area contributed by atoms with E-state index in [1.165, 1.54) is 0 Å². The minimum atomic E-state index is -0.492. The molecule has 0 radical (unpaired) electrons. The first-order valence-corrected chi connectivity index (χ1v) is 17.3. The number of unbranched alkanes of at least 4 members (excludes halogenated alkanes) is 1. The number of hydrogen-bond donors (Lipinski definition) is 0. The highest BCUT2D eigenvalue weighted by Gasteiger charge is 2.38. The summed E-state index contributed by atoms with van der Waals surface area (Å²) in [4.78, 5) is 26.1. The van der Waals surface area contributed by atoms with Gasteiger partial charge >= 0.3 is 11.9 Å². The Morgan fingerprint density at radius 1 is 0.653 bits per heavy atom. The second-order valence-electron chi connectivity index (χ2n) is 14.3. The average Bonchev–Trinajstić information content (AvgIpc) is 3.05. The summed E-state index contributed by atoms with van der Waals surface area (Å²) < 4.78 is 39.9. The van der Waals surface area contributed by atoms with Crippen LogP contribution in [0.3, 0.4) is 0 Å². The fourth-order valence-electron chi connectivity index (χ4n) is 5.53. The lowest BCUT2D eigenvalue weighted by Crippen LogP contribution is -2.46. The molecule has 2 heterocycles. The van der Waals surface area contributed by atoms with E-state index < -0.39 is 17.4 Å². The van der Waals surface area contributed by atoms with Crippen LogP contribution in [0.2, 0.25) is 0 Å². The first kappa shape index (κ1) is 36.4. The van der Waals surface area contributed by atoms with Gasteiger partial charge < -0.3 is 33.2 Å². The van der Waals surface area contributed by atoms with E-state index in [9.17, 15) is 9.59 Å². The third kappa shape index (κ3) is 9.62. The van der Waals surface area contributed by atoms with Crippen molar-refractivity contribution >= 4 is 11.9 Å². The molecule has 0 amide bonds. The molecule has 49 heavy (non-hydrogen) atoms. The van der Waals surface area contributed by atoms with Gasteiger partial charge in [-0.2, -0.15) is 0 Å². The summed E-state index contributed by atoms with van der Waals surface area (Å²) in [6.45, 7) is 15.9. The van der Waals surface area contributed by atoms with E-state index in [2.05, 4.69) is 13.8 Å². The Balaban J connectivity index is 1.10. The predicted octanol–water partition coefficient (Wildman–Crippen LogP) is 7.83. The van der Waals surface area contributed by atoms with E-state index in [0.717, 1.165) is 51.1 Å². The predicted molar refractivity (Wildman–Crippen MR) is 186 cm³/mol. The Morgan fingerprint density at radius 2 is 1.16 bits per heavy atom. The molecular weight excluding hydrogens is 624 g/mol. The second-order valence-corrected chi connectivity index (χ2v) is 14.3. The van der Waals surface area contributed by atoms with Gasteiger partial charge in [0.05, 0.1) is 62.8 Å². The minimum Gasteiger partial charge on any atom is -0.494 e. The smallest absolute Gasteiger partial charge is 0.343 e. The lowest BCUT2D eigenvalue weighted by atomic mass is 9.84. The van der Waals surface area contributed by atoms with Crippen LogP contribution in [0.1, 0.15) is 86.6 Å². The highest BCUT2D eigenvalue weighted by molar-refractivity contribution is 5.92. The Labute approximate surface area is 290 Å². The van der Waals surface area contributed by atoms with Gasteiger partial charge in [0.1, 0.15) is 23.0 Å². The standard InChI is InChI=1S/C40H50O9/c1-6-39(24-44-25-39)23-43-20-8-9-21-46-31-14-10-30(11-15-31)37(42)49-35-19-18-33(22-34(35)38(3,4)5)48-36(41)29-12-16-32(17-13-29)47-28-40(7-2)26-45-27-40/h10-19,22H,6-9,20-21,23-28H2,1-5H3. The van der Waals surface area contributed by atoms with Gasteiger partial charge in [0.15, 0.2) is 0 Å². The van der Waals surface area contributed by atoms with Crippen LogP contribution in [0, 0.1) is 10.8 Å². The first-order chi connectivity index (χ1) is 23.5. The monoisotopic (exact) mass is 674 g/mol. The third-order valence-corrected chi connectivity index (χ3v) is 9.39.